The molecule has 3 aromatic rings. The van der Waals surface area contributed by atoms with Gasteiger partial charge in [-0.15, -0.1) is 0 Å². The van der Waals surface area contributed by atoms with Gasteiger partial charge in [-0.25, -0.2) is 18.1 Å². The summed E-state index contributed by atoms with van der Waals surface area (Å²) in [6.45, 7) is 2.19. The van der Waals surface area contributed by atoms with E-state index in [-0.39, 0.29) is 12.3 Å². The highest BCUT2D eigenvalue weighted by Gasteiger charge is 2.11. The Morgan fingerprint density at radius 1 is 1.12 bits per heavy atom. The molecule has 3 rings (SSSR count). The van der Waals surface area contributed by atoms with Crippen LogP contribution in [0.25, 0.3) is 0 Å². The minimum Gasteiger partial charge on any atom is -0.431 e. The van der Waals surface area contributed by atoms with Crippen LogP contribution in [0.3, 0.4) is 0 Å². The van der Waals surface area contributed by atoms with Crippen molar-refractivity contribution in [1.82, 2.24) is 9.71 Å². The SMILES string of the molecule is Cc1cccc(CS(=O)(=O)NCc2ccc(Oc3nccs3)cc2)c1. The van der Waals surface area contributed by atoms with E-state index in [9.17, 15) is 8.42 Å². The van der Waals surface area contributed by atoms with Gasteiger partial charge >= 0.3 is 0 Å². The van der Waals surface area contributed by atoms with Gasteiger partial charge in [-0.2, -0.15) is 0 Å². The highest BCUT2D eigenvalue weighted by atomic mass is 32.2. The molecule has 7 heteroatoms. The number of sulfonamides is 1. The second kappa shape index (κ2) is 7.77. The fourth-order valence-corrected chi connectivity index (χ4v) is 3.91. The van der Waals surface area contributed by atoms with Gasteiger partial charge in [0.15, 0.2) is 0 Å². The summed E-state index contributed by atoms with van der Waals surface area (Å²) >= 11 is 1.41. The molecule has 0 spiro atoms. The van der Waals surface area contributed by atoms with Gasteiger partial charge < -0.3 is 4.74 Å². The van der Waals surface area contributed by atoms with E-state index in [1.54, 1.807) is 18.3 Å². The molecule has 1 heterocycles. The van der Waals surface area contributed by atoms with Crippen LogP contribution in [0.2, 0.25) is 0 Å². The molecular formula is C18H18N2O3S2. The first-order valence-corrected chi connectivity index (χ1v) is 10.2. The lowest BCUT2D eigenvalue weighted by Crippen LogP contribution is -2.24. The summed E-state index contributed by atoms with van der Waals surface area (Å²) in [5, 5.41) is 2.42. The first-order valence-electron chi connectivity index (χ1n) is 7.69. The first-order chi connectivity index (χ1) is 12.0. The third-order valence-electron chi connectivity index (χ3n) is 3.47. The molecule has 0 bridgehead atoms. The molecule has 1 N–H and O–H groups in total. The zero-order valence-electron chi connectivity index (χ0n) is 13.7. The number of nitrogens with one attached hydrogen (secondary N) is 1. The average molecular weight is 374 g/mol. The minimum atomic E-state index is -3.39. The summed E-state index contributed by atoms with van der Waals surface area (Å²) in [5.74, 6) is 0.640. The van der Waals surface area contributed by atoms with Gasteiger partial charge in [0.25, 0.3) is 5.19 Å². The molecule has 1 aromatic heterocycles. The van der Waals surface area contributed by atoms with Gasteiger partial charge in [0.05, 0.1) is 5.75 Å². The second-order valence-electron chi connectivity index (χ2n) is 5.61. The fraction of sp³-hybridized carbons (Fsp3) is 0.167. The van der Waals surface area contributed by atoms with E-state index >= 15 is 0 Å². The molecule has 0 radical (unpaired) electrons. The highest BCUT2D eigenvalue weighted by Crippen LogP contribution is 2.23. The Bertz CT molecular complexity index is 921. The van der Waals surface area contributed by atoms with Crippen LogP contribution in [-0.2, 0) is 22.3 Å². The van der Waals surface area contributed by atoms with E-state index in [4.69, 9.17) is 4.74 Å². The molecular weight excluding hydrogens is 356 g/mol. The summed E-state index contributed by atoms with van der Waals surface area (Å²) in [5.41, 5.74) is 2.68. The van der Waals surface area contributed by atoms with E-state index in [1.165, 1.54) is 11.3 Å². The Balaban J connectivity index is 1.57. The Morgan fingerprint density at radius 3 is 2.60 bits per heavy atom. The largest absolute Gasteiger partial charge is 0.431 e. The topological polar surface area (TPSA) is 68.3 Å². The average Bonchev–Trinajstić information content (AvgIpc) is 3.07. The van der Waals surface area contributed by atoms with Crippen LogP contribution < -0.4 is 9.46 Å². The van der Waals surface area contributed by atoms with Crippen LogP contribution >= 0.6 is 11.3 Å². The minimum absolute atomic E-state index is 0.0279. The normalized spacial score (nSPS) is 11.4. The molecule has 0 saturated heterocycles. The van der Waals surface area contributed by atoms with Crippen LogP contribution in [0.1, 0.15) is 16.7 Å². The van der Waals surface area contributed by atoms with Crippen LogP contribution in [0.5, 0.6) is 10.9 Å². The van der Waals surface area contributed by atoms with Crippen LogP contribution in [-0.4, -0.2) is 13.4 Å². The van der Waals surface area contributed by atoms with Crippen molar-refractivity contribution in [3.05, 3.63) is 76.8 Å². The van der Waals surface area contributed by atoms with Crippen molar-refractivity contribution >= 4 is 21.4 Å². The van der Waals surface area contributed by atoms with Crippen LogP contribution in [0.4, 0.5) is 0 Å². The standard InChI is InChI=1S/C18H18N2O3S2/c1-14-3-2-4-16(11-14)13-25(21,22)20-12-15-5-7-17(8-6-15)23-18-19-9-10-24-18/h2-11,20H,12-13H2,1H3. The smallest absolute Gasteiger partial charge is 0.278 e. The number of thiazole rings is 1. The molecule has 130 valence electrons. The van der Waals surface area contributed by atoms with E-state index in [0.717, 1.165) is 16.7 Å². The zero-order chi connectivity index (χ0) is 17.7. The molecule has 0 unspecified atom stereocenters. The van der Waals surface area contributed by atoms with Crippen molar-refractivity contribution in [2.45, 2.75) is 19.2 Å². The summed E-state index contributed by atoms with van der Waals surface area (Å²) in [4.78, 5) is 4.05. The number of ether oxygens (including phenoxy) is 1. The van der Waals surface area contributed by atoms with E-state index in [1.807, 2.05) is 48.7 Å². The number of benzene rings is 2. The molecule has 0 saturated carbocycles. The van der Waals surface area contributed by atoms with Gasteiger partial charge in [0.2, 0.25) is 10.0 Å². The zero-order valence-corrected chi connectivity index (χ0v) is 15.3. The molecule has 0 aliphatic rings. The highest BCUT2D eigenvalue weighted by molar-refractivity contribution is 7.88. The van der Waals surface area contributed by atoms with Crippen molar-refractivity contribution in [1.29, 1.82) is 0 Å². The summed E-state index contributed by atoms with van der Waals surface area (Å²) in [6, 6.07) is 14.8. The number of aryl methyl sites for hydroxylation is 1. The third kappa shape index (κ3) is 5.38. The molecule has 0 aliphatic heterocycles. The van der Waals surface area contributed by atoms with Crippen molar-refractivity contribution in [3.8, 4) is 10.9 Å². The fourth-order valence-electron chi connectivity index (χ4n) is 2.30. The molecule has 2 aromatic carbocycles. The van der Waals surface area contributed by atoms with Crippen LogP contribution in [0, 0.1) is 6.92 Å². The monoisotopic (exact) mass is 374 g/mol. The Morgan fingerprint density at radius 2 is 1.92 bits per heavy atom. The van der Waals surface area contributed by atoms with E-state index in [2.05, 4.69) is 9.71 Å². The van der Waals surface area contributed by atoms with Gasteiger partial charge in [0, 0.05) is 18.1 Å². The second-order valence-corrected chi connectivity index (χ2v) is 8.28. The summed E-state index contributed by atoms with van der Waals surface area (Å²) < 4.78 is 32.6. The number of nitrogens with zero attached hydrogens (tertiary/aromatic N) is 1. The van der Waals surface area contributed by atoms with E-state index in [0.29, 0.717) is 10.9 Å². The number of aromatic nitrogens is 1. The Labute approximate surface area is 151 Å². The molecule has 25 heavy (non-hydrogen) atoms. The van der Waals surface area contributed by atoms with Gasteiger partial charge in [-0.1, -0.05) is 53.3 Å². The number of hydrogen-bond acceptors (Lipinski definition) is 5. The van der Waals surface area contributed by atoms with Crippen molar-refractivity contribution in [3.63, 3.8) is 0 Å². The van der Waals surface area contributed by atoms with Crippen molar-refractivity contribution < 1.29 is 13.2 Å². The molecule has 0 fully saturated rings. The van der Waals surface area contributed by atoms with Crippen LogP contribution in [0.15, 0.2) is 60.1 Å². The van der Waals surface area contributed by atoms with Crippen molar-refractivity contribution in [2.24, 2.45) is 0 Å². The predicted octanol–water partition coefficient (Wildman–Crippen LogP) is 3.86. The lowest BCUT2D eigenvalue weighted by atomic mass is 10.2. The lowest BCUT2D eigenvalue weighted by Gasteiger charge is -2.08. The molecule has 5 nitrogen and oxygen atoms in total. The maximum atomic E-state index is 12.2. The summed E-state index contributed by atoms with van der Waals surface area (Å²) in [6.07, 6.45) is 1.68. The molecule has 0 amide bonds. The van der Waals surface area contributed by atoms with Crippen molar-refractivity contribution in [2.75, 3.05) is 0 Å². The van der Waals surface area contributed by atoms with E-state index < -0.39 is 10.0 Å². The first kappa shape index (κ1) is 17.6. The number of hydrogen-bond donors (Lipinski definition) is 1. The lowest BCUT2D eigenvalue weighted by molar-refractivity contribution is 0.478. The quantitative estimate of drug-likeness (QED) is 0.682. The Kier molecular flexibility index (Phi) is 5.47. The molecule has 0 aliphatic carbocycles. The number of rotatable bonds is 7. The van der Waals surface area contributed by atoms with Gasteiger partial charge in [-0.05, 0) is 30.2 Å². The van der Waals surface area contributed by atoms with Gasteiger partial charge in [-0.3, -0.25) is 0 Å². The maximum absolute atomic E-state index is 12.2. The Hall–Kier alpha value is -2.22. The van der Waals surface area contributed by atoms with Gasteiger partial charge in [0.1, 0.15) is 5.75 Å². The molecule has 0 atom stereocenters. The predicted molar refractivity (Wildman–Crippen MR) is 99.3 cm³/mol. The summed E-state index contributed by atoms with van der Waals surface area (Å²) in [7, 11) is -3.39. The maximum Gasteiger partial charge on any atom is 0.278 e. The third-order valence-corrected chi connectivity index (χ3v) is 5.42.